The van der Waals surface area contributed by atoms with Crippen molar-refractivity contribution in [1.29, 1.82) is 0 Å². The van der Waals surface area contributed by atoms with Crippen molar-refractivity contribution in [2.24, 2.45) is 0 Å². The summed E-state index contributed by atoms with van der Waals surface area (Å²) in [6, 6.07) is 7.85. The lowest BCUT2D eigenvalue weighted by molar-refractivity contribution is 0.205. The summed E-state index contributed by atoms with van der Waals surface area (Å²) in [5.74, 6) is -0.0582. The smallest absolute Gasteiger partial charge is 0.264 e. The molecule has 1 aromatic carbocycles. The number of hydrogen-bond acceptors (Lipinski definition) is 5. The van der Waals surface area contributed by atoms with Gasteiger partial charge in [-0.1, -0.05) is 19.1 Å². The second kappa shape index (κ2) is 4.95. The quantitative estimate of drug-likeness (QED) is 0.811. The molecular formula is C12H15NO3S2. The van der Waals surface area contributed by atoms with Crippen LogP contribution >= 0.6 is 11.3 Å². The first-order valence-corrected chi connectivity index (χ1v) is 8.24. The Hall–Kier alpha value is -0.980. The maximum atomic E-state index is 11.1. The zero-order valence-corrected chi connectivity index (χ0v) is 12.1. The number of aromatic nitrogens is 1. The van der Waals surface area contributed by atoms with Gasteiger partial charge < -0.3 is 0 Å². The zero-order valence-electron chi connectivity index (χ0n) is 10.5. The average molecular weight is 285 g/mol. The highest BCUT2D eigenvalue weighted by Crippen LogP contribution is 2.30. The summed E-state index contributed by atoms with van der Waals surface area (Å²) >= 11 is 1.57. The Kier molecular flexibility index (Phi) is 3.70. The fourth-order valence-corrected chi connectivity index (χ4v) is 3.47. The Bertz CT molecular complexity index is 615. The van der Waals surface area contributed by atoms with Crippen LogP contribution in [0.4, 0.5) is 0 Å². The van der Waals surface area contributed by atoms with E-state index in [1.807, 2.05) is 31.2 Å². The van der Waals surface area contributed by atoms with Crippen molar-refractivity contribution in [3.8, 4) is 0 Å². The standard InChI is InChI=1S/C12H15NO3S2/c1-8(9(2)16-18(3,14)15)12-13-10-6-4-5-7-11(10)17-12/h4-9H,1-3H3/t8-,9+/m0/s1. The number of benzene rings is 1. The van der Waals surface area contributed by atoms with Crippen LogP contribution in [0.1, 0.15) is 24.8 Å². The molecule has 1 heterocycles. The van der Waals surface area contributed by atoms with Gasteiger partial charge in [0.2, 0.25) is 0 Å². The Morgan fingerprint density at radius 1 is 1.28 bits per heavy atom. The van der Waals surface area contributed by atoms with E-state index < -0.39 is 16.2 Å². The van der Waals surface area contributed by atoms with Crippen LogP contribution in [0.3, 0.4) is 0 Å². The van der Waals surface area contributed by atoms with Gasteiger partial charge >= 0.3 is 0 Å². The van der Waals surface area contributed by atoms with E-state index in [1.54, 1.807) is 18.3 Å². The van der Waals surface area contributed by atoms with Crippen LogP contribution in [-0.2, 0) is 14.3 Å². The van der Waals surface area contributed by atoms with Crippen molar-refractivity contribution in [3.05, 3.63) is 29.3 Å². The molecule has 0 fully saturated rings. The van der Waals surface area contributed by atoms with E-state index in [1.165, 1.54) is 0 Å². The first-order valence-electron chi connectivity index (χ1n) is 5.60. The first kappa shape index (κ1) is 13.5. The molecule has 0 aliphatic carbocycles. The minimum Gasteiger partial charge on any atom is -0.267 e. The Morgan fingerprint density at radius 2 is 1.94 bits per heavy atom. The van der Waals surface area contributed by atoms with Crippen LogP contribution in [0.25, 0.3) is 10.2 Å². The largest absolute Gasteiger partial charge is 0.267 e. The van der Waals surface area contributed by atoms with Gasteiger partial charge in [0.1, 0.15) is 0 Å². The fraction of sp³-hybridized carbons (Fsp3) is 0.417. The molecule has 0 saturated heterocycles. The molecule has 2 aromatic rings. The number of thiazole rings is 1. The van der Waals surface area contributed by atoms with Gasteiger partial charge in [-0.25, -0.2) is 4.98 Å². The van der Waals surface area contributed by atoms with Crippen LogP contribution in [0.15, 0.2) is 24.3 Å². The van der Waals surface area contributed by atoms with Crippen molar-refractivity contribution in [2.45, 2.75) is 25.9 Å². The van der Waals surface area contributed by atoms with E-state index in [0.29, 0.717) is 0 Å². The van der Waals surface area contributed by atoms with Gasteiger partial charge in [-0.05, 0) is 19.1 Å². The average Bonchev–Trinajstić information content (AvgIpc) is 2.68. The molecule has 0 amide bonds. The molecule has 0 bridgehead atoms. The van der Waals surface area contributed by atoms with Gasteiger partial charge in [-0.2, -0.15) is 8.42 Å². The van der Waals surface area contributed by atoms with Gasteiger partial charge in [-0.15, -0.1) is 11.3 Å². The second-order valence-corrected chi connectivity index (χ2v) is 6.98. The first-order chi connectivity index (χ1) is 8.37. The molecule has 0 aliphatic rings. The summed E-state index contributed by atoms with van der Waals surface area (Å²) in [5, 5.41) is 0.896. The lowest BCUT2D eigenvalue weighted by Gasteiger charge is -2.16. The molecule has 0 aliphatic heterocycles. The van der Waals surface area contributed by atoms with Gasteiger partial charge in [0.05, 0.1) is 27.6 Å². The van der Waals surface area contributed by atoms with E-state index in [2.05, 4.69) is 4.98 Å². The highest BCUT2D eigenvalue weighted by Gasteiger charge is 2.22. The minimum atomic E-state index is -3.43. The van der Waals surface area contributed by atoms with Crippen molar-refractivity contribution < 1.29 is 12.6 Å². The predicted molar refractivity (Wildman–Crippen MR) is 73.4 cm³/mol. The second-order valence-electron chi connectivity index (χ2n) is 4.31. The van der Waals surface area contributed by atoms with E-state index in [4.69, 9.17) is 4.18 Å². The van der Waals surface area contributed by atoms with Crippen molar-refractivity contribution in [1.82, 2.24) is 4.98 Å². The summed E-state index contributed by atoms with van der Waals surface area (Å²) in [7, 11) is -3.43. The van der Waals surface area contributed by atoms with Crippen LogP contribution < -0.4 is 0 Å². The number of nitrogens with zero attached hydrogens (tertiary/aromatic N) is 1. The molecule has 2 rings (SSSR count). The molecule has 18 heavy (non-hydrogen) atoms. The number of rotatable bonds is 4. The number of hydrogen-bond donors (Lipinski definition) is 0. The molecule has 1 aromatic heterocycles. The molecular weight excluding hydrogens is 270 g/mol. The summed E-state index contributed by atoms with van der Waals surface area (Å²) in [6.45, 7) is 3.67. The van der Waals surface area contributed by atoms with E-state index in [-0.39, 0.29) is 5.92 Å². The SMILES string of the molecule is C[C@H](c1nc2ccccc2s1)[C@@H](C)OS(C)(=O)=O. The topological polar surface area (TPSA) is 56.3 Å². The molecule has 2 atom stereocenters. The highest BCUT2D eigenvalue weighted by atomic mass is 32.2. The summed E-state index contributed by atoms with van der Waals surface area (Å²) in [6.07, 6.45) is 0.648. The highest BCUT2D eigenvalue weighted by molar-refractivity contribution is 7.86. The van der Waals surface area contributed by atoms with Crippen LogP contribution in [0.2, 0.25) is 0 Å². The maximum absolute atomic E-state index is 11.1. The number of para-hydroxylation sites is 1. The van der Waals surface area contributed by atoms with Crippen LogP contribution in [0.5, 0.6) is 0 Å². The number of fused-ring (bicyclic) bond motifs is 1. The summed E-state index contributed by atoms with van der Waals surface area (Å²) in [5.41, 5.74) is 0.941. The fourth-order valence-electron chi connectivity index (χ4n) is 1.64. The molecule has 0 saturated carbocycles. The van der Waals surface area contributed by atoms with Crippen molar-refractivity contribution in [3.63, 3.8) is 0 Å². The van der Waals surface area contributed by atoms with E-state index in [9.17, 15) is 8.42 Å². The normalized spacial score (nSPS) is 15.7. The van der Waals surface area contributed by atoms with Gasteiger partial charge in [0, 0.05) is 5.92 Å². The lowest BCUT2D eigenvalue weighted by Crippen LogP contribution is -2.20. The third-order valence-electron chi connectivity index (χ3n) is 2.73. The van der Waals surface area contributed by atoms with Gasteiger partial charge in [0.15, 0.2) is 0 Å². The van der Waals surface area contributed by atoms with Crippen molar-refractivity contribution >= 4 is 31.7 Å². The minimum absolute atomic E-state index is 0.0582. The van der Waals surface area contributed by atoms with Gasteiger partial charge in [-0.3, -0.25) is 4.18 Å². The zero-order chi connectivity index (χ0) is 13.3. The third-order valence-corrected chi connectivity index (χ3v) is 4.62. The molecule has 0 radical (unpaired) electrons. The predicted octanol–water partition coefficient (Wildman–Crippen LogP) is 2.76. The molecule has 98 valence electrons. The molecule has 6 heteroatoms. The third kappa shape index (κ3) is 3.07. The lowest BCUT2D eigenvalue weighted by atomic mass is 10.1. The van der Waals surface area contributed by atoms with Gasteiger partial charge in [0.25, 0.3) is 10.1 Å². The Labute approximate surface area is 111 Å². The van der Waals surface area contributed by atoms with E-state index >= 15 is 0 Å². The van der Waals surface area contributed by atoms with E-state index in [0.717, 1.165) is 21.5 Å². The molecule has 0 N–H and O–H groups in total. The van der Waals surface area contributed by atoms with Crippen molar-refractivity contribution in [2.75, 3.05) is 6.26 Å². The molecule has 4 nitrogen and oxygen atoms in total. The monoisotopic (exact) mass is 285 g/mol. The maximum Gasteiger partial charge on any atom is 0.264 e. The van der Waals surface area contributed by atoms with Crippen LogP contribution in [-0.4, -0.2) is 25.8 Å². The van der Waals surface area contributed by atoms with Crippen LogP contribution in [0, 0.1) is 0 Å². The Morgan fingerprint density at radius 3 is 2.56 bits per heavy atom. The summed E-state index contributed by atoms with van der Waals surface area (Å²) < 4.78 is 28.3. The Balaban J connectivity index is 2.25. The molecule has 0 unspecified atom stereocenters. The molecule has 0 spiro atoms. The summed E-state index contributed by atoms with van der Waals surface area (Å²) in [4.78, 5) is 4.51.